The summed E-state index contributed by atoms with van der Waals surface area (Å²) in [4.78, 5) is 5.24. The van der Waals surface area contributed by atoms with Gasteiger partial charge < -0.3 is 9.80 Å². The van der Waals surface area contributed by atoms with Gasteiger partial charge in [0.25, 0.3) is 0 Å². The quantitative estimate of drug-likeness (QED) is 0.176. The van der Waals surface area contributed by atoms with Gasteiger partial charge in [0.05, 0.1) is 11.7 Å². The molecule has 0 saturated carbocycles. The van der Waals surface area contributed by atoms with Gasteiger partial charge in [-0.1, -0.05) is 159 Å². The molecule has 2 heterocycles. The molecule has 302 valence electrons. The van der Waals surface area contributed by atoms with Crippen molar-refractivity contribution in [3.05, 3.63) is 202 Å². The van der Waals surface area contributed by atoms with E-state index >= 15 is 0 Å². The molecule has 13 rings (SSSR count). The molecule has 0 fully saturated rings. The van der Waals surface area contributed by atoms with Crippen molar-refractivity contribution in [2.24, 2.45) is 0 Å². The highest BCUT2D eigenvalue weighted by molar-refractivity contribution is 6.00. The van der Waals surface area contributed by atoms with E-state index in [0.29, 0.717) is 6.04 Å². The molecule has 2 heteroatoms. The van der Waals surface area contributed by atoms with Crippen LogP contribution in [0.3, 0.4) is 0 Å². The van der Waals surface area contributed by atoms with E-state index < -0.39 is 0 Å². The largest absolute Gasteiger partial charge is 0.333 e. The van der Waals surface area contributed by atoms with E-state index in [2.05, 4.69) is 217 Å². The van der Waals surface area contributed by atoms with E-state index in [1.54, 1.807) is 0 Å². The molecule has 7 aromatic rings. The SMILES string of the molecule is CC1(C)c2ccccc2-c2ccc(N(c3ccc4c(c3)C(C)(C)c3ccccc3-4)c3ccc4c(c3)C(C)(C)c3cc5c(cc3-4)C(C)(C)c3cccc4c3N5C3CC=CC=C43)cc21. The van der Waals surface area contributed by atoms with Crippen molar-refractivity contribution in [1.82, 2.24) is 0 Å². The smallest absolute Gasteiger partial charge is 0.0633 e. The van der Waals surface area contributed by atoms with Crippen LogP contribution in [0.4, 0.5) is 28.4 Å². The number of hydrogen-bond donors (Lipinski definition) is 0. The standard InChI is InChI=1S/C60H52N2/c1-57(2)46-20-12-9-16-38(46)40-27-24-35(30-49(40)57)61(36-25-28-41-39-17-10-13-21-47(39)58(3,4)50(41)31-36)37-26-29-42-45-33-53-55(34-52(45)60(7,8)51(42)32-37)62-54-23-14-11-18-43(54)44-19-15-22-48(56(44)62)59(53,5)6/h9-22,24-34,54H,23H2,1-8H3. The molecule has 0 spiro atoms. The van der Waals surface area contributed by atoms with Crippen LogP contribution in [0, 0.1) is 0 Å². The number of nitrogens with zero attached hydrogens (tertiary/aromatic N) is 2. The number of anilines is 5. The Kier molecular flexibility index (Phi) is 6.88. The Hall–Kier alpha value is -6.38. The monoisotopic (exact) mass is 800 g/mol. The normalized spacial score (nSPS) is 19.6. The number of rotatable bonds is 3. The minimum atomic E-state index is -0.209. The Morgan fingerprint density at radius 1 is 0.419 bits per heavy atom. The molecule has 0 saturated heterocycles. The fourth-order valence-corrected chi connectivity index (χ4v) is 13.0. The van der Waals surface area contributed by atoms with Crippen LogP contribution in [-0.4, -0.2) is 6.04 Å². The van der Waals surface area contributed by atoms with Gasteiger partial charge in [0.15, 0.2) is 0 Å². The lowest BCUT2D eigenvalue weighted by Crippen LogP contribution is -2.36. The number of benzene rings is 7. The summed E-state index contributed by atoms with van der Waals surface area (Å²) in [5.74, 6) is 0. The fourth-order valence-electron chi connectivity index (χ4n) is 13.0. The van der Waals surface area contributed by atoms with Crippen molar-refractivity contribution in [3.63, 3.8) is 0 Å². The van der Waals surface area contributed by atoms with E-state index in [1.165, 1.54) is 117 Å². The molecular formula is C60H52N2. The van der Waals surface area contributed by atoms with Gasteiger partial charge in [0, 0.05) is 50.0 Å². The predicted octanol–water partition coefficient (Wildman–Crippen LogP) is 15.6. The molecule has 0 bridgehead atoms. The Morgan fingerprint density at radius 2 is 0.871 bits per heavy atom. The summed E-state index contributed by atoms with van der Waals surface area (Å²) < 4.78 is 0. The minimum absolute atomic E-state index is 0.107. The van der Waals surface area contributed by atoms with Gasteiger partial charge in [0.1, 0.15) is 0 Å². The van der Waals surface area contributed by atoms with E-state index in [4.69, 9.17) is 0 Å². The lowest BCUT2D eigenvalue weighted by Gasteiger charge is -2.43. The second-order valence-electron chi connectivity index (χ2n) is 20.9. The molecule has 0 N–H and O–H groups in total. The predicted molar refractivity (Wildman–Crippen MR) is 260 cm³/mol. The average molecular weight is 801 g/mol. The van der Waals surface area contributed by atoms with Crippen LogP contribution in [0.15, 0.2) is 152 Å². The Balaban J connectivity index is 0.989. The van der Waals surface area contributed by atoms with E-state index in [1.807, 2.05) is 0 Å². The molecule has 2 nitrogen and oxygen atoms in total. The Morgan fingerprint density at radius 3 is 1.45 bits per heavy atom. The molecule has 4 aliphatic carbocycles. The third-order valence-corrected chi connectivity index (χ3v) is 16.3. The molecular weight excluding hydrogens is 749 g/mol. The molecule has 62 heavy (non-hydrogen) atoms. The molecule has 0 aromatic heterocycles. The first-order valence-corrected chi connectivity index (χ1v) is 22.7. The summed E-state index contributed by atoms with van der Waals surface area (Å²) in [5.41, 5.74) is 28.0. The van der Waals surface area contributed by atoms with Gasteiger partial charge in [-0.15, -0.1) is 0 Å². The Labute approximate surface area is 366 Å². The van der Waals surface area contributed by atoms with E-state index in [9.17, 15) is 0 Å². The van der Waals surface area contributed by atoms with E-state index in [-0.39, 0.29) is 21.7 Å². The number of para-hydroxylation sites is 1. The highest BCUT2D eigenvalue weighted by Gasteiger charge is 2.48. The third-order valence-electron chi connectivity index (χ3n) is 16.3. The number of fused-ring (bicyclic) bond motifs is 14. The highest BCUT2D eigenvalue weighted by Crippen LogP contribution is 2.62. The van der Waals surface area contributed by atoms with Crippen LogP contribution in [0.2, 0.25) is 0 Å². The molecule has 7 aromatic carbocycles. The van der Waals surface area contributed by atoms with Crippen molar-refractivity contribution >= 4 is 34.0 Å². The summed E-state index contributed by atoms with van der Waals surface area (Å²) in [6.45, 7) is 19.3. The number of hydrogen-bond acceptors (Lipinski definition) is 2. The lowest BCUT2D eigenvalue weighted by atomic mass is 9.72. The second-order valence-corrected chi connectivity index (χ2v) is 20.9. The third kappa shape index (κ3) is 4.40. The Bertz CT molecular complexity index is 3130. The van der Waals surface area contributed by atoms with Crippen molar-refractivity contribution in [2.45, 2.75) is 89.5 Å². The van der Waals surface area contributed by atoms with Crippen molar-refractivity contribution in [1.29, 1.82) is 0 Å². The summed E-state index contributed by atoms with van der Waals surface area (Å²) in [5, 5.41) is 0. The van der Waals surface area contributed by atoms with E-state index in [0.717, 1.165) is 6.42 Å². The van der Waals surface area contributed by atoms with Crippen molar-refractivity contribution < 1.29 is 0 Å². The van der Waals surface area contributed by atoms with Gasteiger partial charge in [-0.2, -0.15) is 0 Å². The molecule has 6 aliphatic rings. The van der Waals surface area contributed by atoms with Crippen LogP contribution >= 0.6 is 0 Å². The van der Waals surface area contributed by atoms with Crippen LogP contribution in [0.25, 0.3) is 39.0 Å². The molecule has 0 amide bonds. The zero-order valence-corrected chi connectivity index (χ0v) is 37.1. The molecule has 1 unspecified atom stereocenters. The van der Waals surface area contributed by atoms with Gasteiger partial charge in [0.2, 0.25) is 0 Å². The van der Waals surface area contributed by atoms with Gasteiger partial charge >= 0.3 is 0 Å². The topological polar surface area (TPSA) is 6.48 Å². The fraction of sp³-hybridized carbons (Fsp3) is 0.233. The van der Waals surface area contributed by atoms with Gasteiger partial charge in [-0.05, 0) is 138 Å². The maximum atomic E-state index is 2.70. The van der Waals surface area contributed by atoms with Crippen molar-refractivity contribution in [3.8, 4) is 33.4 Å². The second kappa shape index (κ2) is 11.7. The molecule has 0 radical (unpaired) electrons. The maximum Gasteiger partial charge on any atom is 0.0633 e. The lowest BCUT2D eigenvalue weighted by molar-refractivity contribution is 0.617. The summed E-state index contributed by atoms with van der Waals surface area (Å²) in [6, 6.07) is 52.2. The first-order chi connectivity index (χ1) is 29.8. The minimum Gasteiger partial charge on any atom is -0.333 e. The molecule has 1 atom stereocenters. The van der Waals surface area contributed by atoms with Crippen molar-refractivity contribution in [2.75, 3.05) is 9.80 Å². The molecule has 2 aliphatic heterocycles. The highest BCUT2D eigenvalue weighted by atomic mass is 15.2. The first kappa shape index (κ1) is 36.3. The number of allylic oxidation sites excluding steroid dienone is 2. The summed E-state index contributed by atoms with van der Waals surface area (Å²) >= 11 is 0. The van der Waals surface area contributed by atoms with Crippen LogP contribution < -0.4 is 9.80 Å². The van der Waals surface area contributed by atoms with Crippen LogP contribution in [0.1, 0.15) is 112 Å². The first-order valence-electron chi connectivity index (χ1n) is 22.7. The zero-order valence-electron chi connectivity index (χ0n) is 37.1. The van der Waals surface area contributed by atoms with Gasteiger partial charge in [-0.25, -0.2) is 0 Å². The summed E-state index contributed by atoms with van der Waals surface area (Å²) in [7, 11) is 0. The van der Waals surface area contributed by atoms with Gasteiger partial charge in [-0.3, -0.25) is 0 Å². The summed E-state index contributed by atoms with van der Waals surface area (Å²) in [6.07, 6.45) is 7.99. The maximum absolute atomic E-state index is 2.70. The zero-order chi connectivity index (χ0) is 42.2. The average Bonchev–Trinajstić information content (AvgIpc) is 3.89. The van der Waals surface area contributed by atoms with Crippen LogP contribution in [0.5, 0.6) is 0 Å². The van der Waals surface area contributed by atoms with Crippen LogP contribution in [-0.2, 0) is 21.7 Å².